The van der Waals surface area contributed by atoms with Crippen LogP contribution in [0.1, 0.15) is 2.85 Å². The molecule has 0 aliphatic heterocycles. The summed E-state index contributed by atoms with van der Waals surface area (Å²) in [4.78, 5) is 0. The third kappa shape index (κ3) is 9.14. The number of rotatable bonds is 0. The van der Waals surface area contributed by atoms with Crippen LogP contribution in [0.3, 0.4) is 0 Å². The van der Waals surface area contributed by atoms with Crippen molar-refractivity contribution in [1.29, 1.82) is 0 Å². The van der Waals surface area contributed by atoms with Crippen molar-refractivity contribution < 1.29 is 44.3 Å². The van der Waals surface area contributed by atoms with E-state index in [-0.39, 0.29) is 67.4 Å². The summed E-state index contributed by atoms with van der Waals surface area (Å²) in [5, 5.41) is 0. The molecule has 0 rings (SSSR count). The largest absolute Gasteiger partial charge is 2.00 e. The predicted molar refractivity (Wildman–Crippen MR) is 11.6 cm³/mol. The fraction of sp³-hybridized carbons (Fsp3) is 0. The van der Waals surface area contributed by atoms with Crippen molar-refractivity contribution in [2.24, 2.45) is 0 Å². The van der Waals surface area contributed by atoms with Crippen LogP contribution in [0.15, 0.2) is 0 Å². The van der Waals surface area contributed by atoms with Gasteiger partial charge in [-0.3, -0.25) is 0 Å². The summed E-state index contributed by atoms with van der Waals surface area (Å²) >= 11 is 0. The fourth-order valence-electron chi connectivity index (χ4n) is 0. The summed E-state index contributed by atoms with van der Waals surface area (Å²) < 4.78 is 0. The quantitative estimate of drug-likeness (QED) is 0.454. The first-order valence-corrected chi connectivity index (χ1v) is 0. The Bertz CT molecular complexity index is 13.5. The van der Waals surface area contributed by atoms with Gasteiger partial charge in [0, 0.05) is 36.0 Å². The van der Waals surface area contributed by atoms with Crippen molar-refractivity contribution in [3.63, 3.8) is 0 Å². The van der Waals surface area contributed by atoms with Gasteiger partial charge in [-0.2, -0.15) is 0 Å². The normalized spacial score (nSPS) is 0. The summed E-state index contributed by atoms with van der Waals surface area (Å²) in [6, 6.07) is 0. The van der Waals surface area contributed by atoms with E-state index in [1.54, 1.807) is 0 Å². The smallest absolute Gasteiger partial charge is 1.00 e. The molecule has 0 amide bonds. The first-order chi connectivity index (χ1) is 0. The maximum Gasteiger partial charge on any atom is 2.00 e. The second-order valence-electron chi connectivity index (χ2n) is 0. The molecule has 0 aliphatic rings. The monoisotopic (exact) mass is 204 g/mol. The van der Waals surface area contributed by atoms with Crippen LogP contribution < -0.4 is 0 Å². The van der Waals surface area contributed by atoms with Crippen LogP contribution in [0.5, 0.6) is 0 Å². The predicted octanol–water partition coefficient (Wildman–Crippen LogP) is -0.986. The van der Waals surface area contributed by atoms with E-state index in [2.05, 4.69) is 0 Å². The number of hydrogen-bond acceptors (Lipinski definition) is 0. The van der Waals surface area contributed by atoms with Crippen LogP contribution in [0, 0.1) is 0 Å². The molecule has 4 heavy (non-hydrogen) atoms. The number of hydrogen-bond donors (Lipinski definition) is 0. The minimum atomic E-state index is 0. The molecule has 0 aromatic carbocycles. The maximum atomic E-state index is 0. The zero-order valence-corrected chi connectivity index (χ0v) is 6.02. The molecule has 0 bridgehead atoms. The molecule has 0 fully saturated rings. The van der Waals surface area contributed by atoms with Gasteiger partial charge in [0.1, 0.15) is 0 Å². The minimum Gasteiger partial charge on any atom is -1.00 e. The maximum absolute atomic E-state index is 0. The first kappa shape index (κ1) is 40.3. The summed E-state index contributed by atoms with van der Waals surface area (Å²) in [6.07, 6.45) is 0. The van der Waals surface area contributed by atoms with Crippen LogP contribution in [0.25, 0.3) is 0 Å². The molecule has 0 unspecified atom stereocenters. The molecule has 0 heterocycles. The SMILES string of the molecule is O.[H-].[H-].[Mg+2].[Ni].[Ru]. The Hall–Kier alpha value is 1.84. The van der Waals surface area contributed by atoms with Crippen LogP contribution in [-0.4, -0.2) is 28.5 Å². The molecule has 0 radical (unpaired) electrons. The topological polar surface area (TPSA) is 31.5 Å². The van der Waals surface area contributed by atoms with Gasteiger partial charge in [0.15, 0.2) is 0 Å². The summed E-state index contributed by atoms with van der Waals surface area (Å²) in [6.45, 7) is 0. The van der Waals surface area contributed by atoms with Gasteiger partial charge in [-0.05, 0) is 0 Å². The van der Waals surface area contributed by atoms with Gasteiger partial charge in [0.05, 0.1) is 0 Å². The Morgan fingerprint density at radius 3 is 1.25 bits per heavy atom. The molecule has 0 spiro atoms. The van der Waals surface area contributed by atoms with Crippen LogP contribution in [0.2, 0.25) is 0 Å². The Labute approximate surface area is 67.0 Å². The molecule has 30 valence electrons. The molecule has 0 aliphatic carbocycles. The van der Waals surface area contributed by atoms with E-state index in [0.717, 1.165) is 0 Å². The van der Waals surface area contributed by atoms with Crippen molar-refractivity contribution in [2.75, 3.05) is 0 Å². The Balaban J connectivity index is 0. The average Bonchev–Trinajstić information content (AvgIpc) is 0. The van der Waals surface area contributed by atoms with E-state index in [1.807, 2.05) is 0 Å². The van der Waals surface area contributed by atoms with Gasteiger partial charge in [-0.1, -0.05) is 0 Å². The first-order valence-electron chi connectivity index (χ1n) is 0. The van der Waals surface area contributed by atoms with Crippen molar-refractivity contribution in [1.82, 2.24) is 0 Å². The van der Waals surface area contributed by atoms with Gasteiger partial charge >= 0.3 is 23.1 Å². The van der Waals surface area contributed by atoms with E-state index in [1.165, 1.54) is 0 Å². The summed E-state index contributed by atoms with van der Waals surface area (Å²) in [7, 11) is 0. The van der Waals surface area contributed by atoms with Gasteiger partial charge in [0.25, 0.3) is 0 Å². The van der Waals surface area contributed by atoms with Crippen LogP contribution >= 0.6 is 0 Å². The van der Waals surface area contributed by atoms with Crippen molar-refractivity contribution in [3.8, 4) is 0 Å². The third-order valence-electron chi connectivity index (χ3n) is 0. The molecule has 0 aromatic rings. The Morgan fingerprint density at radius 2 is 1.25 bits per heavy atom. The zero-order valence-electron chi connectivity index (χ0n) is 3.88. The van der Waals surface area contributed by atoms with E-state index < -0.39 is 0 Å². The zero-order chi connectivity index (χ0) is 0. The minimum absolute atomic E-state index is 0. The molecule has 0 saturated carbocycles. The van der Waals surface area contributed by atoms with E-state index in [4.69, 9.17) is 0 Å². The summed E-state index contributed by atoms with van der Waals surface area (Å²) in [5.41, 5.74) is 0. The molecular formula is H4MgNiORu. The van der Waals surface area contributed by atoms with Gasteiger partial charge in [-0.15, -0.1) is 0 Å². The molecule has 0 aromatic heterocycles. The Kier molecular flexibility index (Phi) is 212. The van der Waals surface area contributed by atoms with E-state index in [9.17, 15) is 0 Å². The Morgan fingerprint density at radius 1 is 1.25 bits per heavy atom. The third-order valence-corrected chi connectivity index (χ3v) is 0. The fourth-order valence-corrected chi connectivity index (χ4v) is 0. The molecule has 0 saturated heterocycles. The molecule has 0 atom stereocenters. The van der Waals surface area contributed by atoms with Crippen LogP contribution in [0.4, 0.5) is 0 Å². The molecule has 2 N–H and O–H groups in total. The standard InChI is InChI=1S/Mg.Ni.H2O.Ru.2H/h;;1H2;;;/q+2;;;;2*-1. The van der Waals surface area contributed by atoms with E-state index >= 15 is 0 Å². The second kappa shape index (κ2) is 21.1. The summed E-state index contributed by atoms with van der Waals surface area (Å²) in [5.74, 6) is 0. The molecule has 1 nitrogen and oxygen atoms in total. The van der Waals surface area contributed by atoms with Gasteiger partial charge in [-0.25, -0.2) is 0 Å². The van der Waals surface area contributed by atoms with E-state index in [0.29, 0.717) is 0 Å². The van der Waals surface area contributed by atoms with Gasteiger partial charge in [0.2, 0.25) is 0 Å². The molecular weight excluding hydrogens is 200 g/mol. The van der Waals surface area contributed by atoms with Crippen molar-refractivity contribution >= 4 is 23.1 Å². The van der Waals surface area contributed by atoms with Crippen LogP contribution in [-0.2, 0) is 36.0 Å². The second-order valence-corrected chi connectivity index (χ2v) is 0. The van der Waals surface area contributed by atoms with Gasteiger partial charge < -0.3 is 8.33 Å². The average molecular weight is 204 g/mol. The van der Waals surface area contributed by atoms with Crippen molar-refractivity contribution in [2.45, 2.75) is 0 Å². The van der Waals surface area contributed by atoms with Crippen molar-refractivity contribution in [3.05, 3.63) is 0 Å². The molecule has 4 heteroatoms.